The van der Waals surface area contributed by atoms with Gasteiger partial charge in [0.05, 0.1) is 34.5 Å². The molecule has 0 fully saturated rings. The molecule has 0 aliphatic carbocycles. The average molecular weight is 333 g/mol. The first-order chi connectivity index (χ1) is 9.92. The number of hydrogen-bond donors (Lipinski definition) is 1. The van der Waals surface area contributed by atoms with E-state index in [2.05, 4.69) is 4.98 Å². The van der Waals surface area contributed by atoms with Gasteiger partial charge in [0.1, 0.15) is 5.82 Å². The Balaban J connectivity index is 2.48. The summed E-state index contributed by atoms with van der Waals surface area (Å²) in [5.74, 6) is -1.60. The van der Waals surface area contributed by atoms with Crippen LogP contribution in [0.5, 0.6) is 0 Å². The monoisotopic (exact) mass is 332 g/mol. The highest BCUT2D eigenvalue weighted by Crippen LogP contribution is 2.28. The summed E-state index contributed by atoms with van der Waals surface area (Å²) < 4.78 is 20.6. The minimum atomic E-state index is -0.942. The second kappa shape index (κ2) is 6.64. The highest BCUT2D eigenvalue weighted by molar-refractivity contribution is 7.99. The number of hydrogen-bond acceptors (Lipinski definition) is 4. The van der Waals surface area contributed by atoms with Crippen molar-refractivity contribution in [2.45, 2.75) is 24.7 Å². The van der Waals surface area contributed by atoms with Crippen LogP contribution in [0.25, 0.3) is 11.0 Å². The van der Waals surface area contributed by atoms with Crippen molar-refractivity contribution in [3.63, 3.8) is 0 Å². The Labute approximate surface area is 130 Å². The highest BCUT2D eigenvalue weighted by atomic mass is 35.5. The zero-order valence-corrected chi connectivity index (χ0v) is 13.0. The molecule has 0 aliphatic rings. The van der Waals surface area contributed by atoms with Crippen LogP contribution < -0.4 is 0 Å². The zero-order chi connectivity index (χ0) is 15.6. The van der Waals surface area contributed by atoms with E-state index in [0.29, 0.717) is 22.7 Å². The lowest BCUT2D eigenvalue weighted by atomic mass is 10.3. The van der Waals surface area contributed by atoms with Crippen molar-refractivity contribution >= 4 is 40.4 Å². The number of benzene rings is 1. The van der Waals surface area contributed by atoms with Gasteiger partial charge in [0, 0.05) is 13.2 Å². The summed E-state index contributed by atoms with van der Waals surface area (Å²) in [6.45, 7) is 2.31. The molecule has 2 rings (SSSR count). The molecule has 1 N–H and O–H groups in total. The molecule has 1 aromatic carbocycles. The highest BCUT2D eigenvalue weighted by Gasteiger charge is 2.16. The molecule has 8 heteroatoms. The van der Waals surface area contributed by atoms with Crippen LogP contribution in [-0.4, -0.2) is 39.6 Å². The second-order valence-corrected chi connectivity index (χ2v) is 5.84. The molecule has 0 bridgehead atoms. The third kappa shape index (κ3) is 3.66. The first kappa shape index (κ1) is 16.1. The average Bonchev–Trinajstić information content (AvgIpc) is 2.74. The largest absolute Gasteiger partial charge is 0.481 e. The van der Waals surface area contributed by atoms with Crippen LogP contribution in [0.3, 0.4) is 0 Å². The van der Waals surface area contributed by atoms with Gasteiger partial charge in [0.25, 0.3) is 0 Å². The zero-order valence-electron chi connectivity index (χ0n) is 11.5. The number of halogens is 2. The van der Waals surface area contributed by atoms with E-state index in [4.69, 9.17) is 21.4 Å². The van der Waals surface area contributed by atoms with Crippen LogP contribution in [0.4, 0.5) is 4.39 Å². The Kier molecular flexibility index (Phi) is 5.08. The van der Waals surface area contributed by atoms with Crippen LogP contribution in [0.1, 0.15) is 6.92 Å². The molecule has 0 radical (unpaired) electrons. The van der Waals surface area contributed by atoms with E-state index in [0.717, 1.165) is 11.8 Å². The van der Waals surface area contributed by atoms with Gasteiger partial charge < -0.3 is 14.4 Å². The second-order valence-electron chi connectivity index (χ2n) is 4.49. The molecule has 0 saturated carbocycles. The van der Waals surface area contributed by atoms with Crippen molar-refractivity contribution in [1.82, 2.24) is 9.55 Å². The quantitative estimate of drug-likeness (QED) is 0.824. The van der Waals surface area contributed by atoms with Gasteiger partial charge >= 0.3 is 5.97 Å². The standard InChI is InChI=1S/C13H14ClFN2O3S/c1-7(20-2)5-17-11-4-9(15)8(14)3-10(11)16-13(17)21-6-12(18)19/h3-4,7H,5-6H2,1-2H3,(H,18,19). The third-order valence-electron chi connectivity index (χ3n) is 2.92. The number of aromatic nitrogens is 2. The summed E-state index contributed by atoms with van der Waals surface area (Å²) in [6, 6.07) is 2.74. The molecule has 21 heavy (non-hydrogen) atoms. The fourth-order valence-electron chi connectivity index (χ4n) is 1.84. The lowest BCUT2D eigenvalue weighted by Crippen LogP contribution is -2.15. The molecular weight excluding hydrogens is 319 g/mol. The fourth-order valence-corrected chi connectivity index (χ4v) is 2.74. The third-order valence-corrected chi connectivity index (χ3v) is 4.17. The number of carbonyl (C=O) groups is 1. The Bertz CT molecular complexity index is 677. The van der Waals surface area contributed by atoms with Gasteiger partial charge in [-0.25, -0.2) is 9.37 Å². The van der Waals surface area contributed by atoms with Crippen LogP contribution >= 0.6 is 23.4 Å². The van der Waals surface area contributed by atoms with Gasteiger partial charge in [-0.3, -0.25) is 4.79 Å². The van der Waals surface area contributed by atoms with Gasteiger partial charge in [-0.15, -0.1) is 0 Å². The van der Waals surface area contributed by atoms with Crippen molar-refractivity contribution in [3.8, 4) is 0 Å². The number of fused-ring (bicyclic) bond motifs is 1. The molecule has 114 valence electrons. The SMILES string of the molecule is COC(C)Cn1c(SCC(=O)O)nc2cc(Cl)c(F)cc21. The Morgan fingerprint density at radius 2 is 2.33 bits per heavy atom. The summed E-state index contributed by atoms with van der Waals surface area (Å²) in [4.78, 5) is 15.1. The lowest BCUT2D eigenvalue weighted by Gasteiger charge is -2.13. The number of carboxylic acids is 1. The first-order valence-electron chi connectivity index (χ1n) is 6.15. The topological polar surface area (TPSA) is 64.3 Å². The van der Waals surface area contributed by atoms with E-state index in [1.807, 2.05) is 6.92 Å². The van der Waals surface area contributed by atoms with Crippen LogP contribution in [-0.2, 0) is 16.1 Å². The van der Waals surface area contributed by atoms with Crippen LogP contribution in [0, 0.1) is 5.82 Å². The maximum Gasteiger partial charge on any atom is 0.313 e. The Hall–Kier alpha value is -1.31. The normalized spacial score (nSPS) is 12.8. The minimum absolute atomic E-state index is 0.0123. The summed E-state index contributed by atoms with van der Waals surface area (Å²) in [6.07, 6.45) is -0.120. The van der Waals surface area contributed by atoms with Gasteiger partial charge in [0.2, 0.25) is 0 Å². The summed E-state index contributed by atoms with van der Waals surface area (Å²) >= 11 is 6.84. The van der Waals surface area contributed by atoms with Gasteiger partial charge in [-0.1, -0.05) is 23.4 Å². The molecule has 2 aromatic rings. The van der Waals surface area contributed by atoms with Crippen molar-refractivity contribution in [3.05, 3.63) is 23.0 Å². The molecule has 1 unspecified atom stereocenters. The molecule has 1 aromatic heterocycles. The molecule has 0 saturated heterocycles. The maximum atomic E-state index is 13.7. The van der Waals surface area contributed by atoms with Crippen molar-refractivity contribution < 1.29 is 19.0 Å². The van der Waals surface area contributed by atoms with E-state index in [9.17, 15) is 9.18 Å². The lowest BCUT2D eigenvalue weighted by molar-refractivity contribution is -0.133. The number of thioether (sulfide) groups is 1. The summed E-state index contributed by atoms with van der Waals surface area (Å²) in [5.41, 5.74) is 1.09. The number of aliphatic carboxylic acids is 1. The molecule has 1 atom stereocenters. The number of nitrogens with zero attached hydrogens (tertiary/aromatic N) is 2. The summed E-state index contributed by atoms with van der Waals surface area (Å²) in [5, 5.41) is 9.28. The smallest absolute Gasteiger partial charge is 0.313 e. The van der Waals surface area contributed by atoms with E-state index in [1.54, 1.807) is 11.7 Å². The molecule has 5 nitrogen and oxygen atoms in total. The fraction of sp³-hybridized carbons (Fsp3) is 0.385. The predicted molar refractivity (Wildman–Crippen MR) is 79.5 cm³/mol. The number of ether oxygens (including phenoxy) is 1. The minimum Gasteiger partial charge on any atom is -0.481 e. The van der Waals surface area contributed by atoms with Crippen molar-refractivity contribution in [1.29, 1.82) is 0 Å². The number of methoxy groups -OCH3 is 1. The maximum absolute atomic E-state index is 13.7. The van der Waals surface area contributed by atoms with Gasteiger partial charge in [0.15, 0.2) is 5.16 Å². The molecule has 0 spiro atoms. The van der Waals surface area contributed by atoms with E-state index in [1.165, 1.54) is 12.1 Å². The van der Waals surface area contributed by atoms with E-state index >= 15 is 0 Å². The first-order valence-corrected chi connectivity index (χ1v) is 7.51. The number of rotatable bonds is 6. The van der Waals surface area contributed by atoms with E-state index < -0.39 is 11.8 Å². The molecule has 1 heterocycles. The van der Waals surface area contributed by atoms with Crippen LogP contribution in [0.15, 0.2) is 17.3 Å². The summed E-state index contributed by atoms with van der Waals surface area (Å²) in [7, 11) is 1.57. The van der Waals surface area contributed by atoms with Crippen LogP contribution in [0.2, 0.25) is 5.02 Å². The van der Waals surface area contributed by atoms with Gasteiger partial charge in [-0.2, -0.15) is 0 Å². The molecular formula is C13H14ClFN2O3S. The van der Waals surface area contributed by atoms with Crippen molar-refractivity contribution in [2.24, 2.45) is 0 Å². The Morgan fingerprint density at radius 1 is 1.62 bits per heavy atom. The number of carboxylic acid groups (broad SMARTS) is 1. The Morgan fingerprint density at radius 3 is 2.95 bits per heavy atom. The molecule has 0 aliphatic heterocycles. The number of imidazole rings is 1. The molecule has 0 amide bonds. The van der Waals surface area contributed by atoms with Crippen molar-refractivity contribution in [2.75, 3.05) is 12.9 Å². The predicted octanol–water partition coefficient (Wildman–Crippen LogP) is 3.04. The van der Waals surface area contributed by atoms with Gasteiger partial charge in [-0.05, 0) is 13.0 Å². The van der Waals surface area contributed by atoms with E-state index in [-0.39, 0.29) is 16.9 Å².